The van der Waals surface area contributed by atoms with Crippen molar-refractivity contribution in [1.29, 1.82) is 0 Å². The second kappa shape index (κ2) is 4.19. The smallest absolute Gasteiger partial charge is 0.310 e. The Hall–Kier alpha value is -2.16. The van der Waals surface area contributed by atoms with E-state index in [1.165, 1.54) is 12.1 Å². The van der Waals surface area contributed by atoms with Crippen LogP contribution in [0.5, 0.6) is 0 Å². The van der Waals surface area contributed by atoms with Crippen LogP contribution in [0, 0.1) is 5.82 Å². The first kappa shape index (κ1) is 16.2. The average molecular weight is 341 g/mol. The topological polar surface area (TPSA) is 43.1 Å². The van der Waals surface area contributed by atoms with Crippen LogP contribution >= 0.6 is 10.2 Å². The van der Waals surface area contributed by atoms with Crippen molar-refractivity contribution in [2.75, 3.05) is 5.73 Å². The highest BCUT2D eigenvalue weighted by Crippen LogP contribution is 3.02. The van der Waals surface area contributed by atoms with E-state index in [-0.39, 0.29) is 12.1 Å². The van der Waals surface area contributed by atoms with Crippen LogP contribution in [0.25, 0.3) is 0 Å². The maximum absolute atomic E-state index is 13.5. The third-order valence-electron chi connectivity index (χ3n) is 2.83. The summed E-state index contributed by atoms with van der Waals surface area (Å²) in [6.45, 7) is 0. The standard InChI is InChI=1S/C13H9F6NOS/c14-11-4-2-1-3-9(11)13(21)10-6-5-8(7-12(10)20)22(15,16,17,18)19/h1-7H,20H2. The SMILES string of the molecule is Nc1cc(S(F)(F)(F)(F)F)ccc1C(=O)c1ccccc1F. The van der Waals surface area contributed by atoms with Gasteiger partial charge in [0, 0.05) is 11.3 Å². The van der Waals surface area contributed by atoms with Crippen LogP contribution in [0.2, 0.25) is 0 Å². The Morgan fingerprint density at radius 2 is 1.50 bits per heavy atom. The molecule has 0 amide bonds. The van der Waals surface area contributed by atoms with E-state index in [4.69, 9.17) is 5.73 Å². The summed E-state index contributed by atoms with van der Waals surface area (Å²) in [6, 6.07) is 5.29. The number of halogens is 6. The number of hydrogen-bond acceptors (Lipinski definition) is 2. The van der Waals surface area contributed by atoms with Gasteiger partial charge in [-0.3, -0.25) is 4.79 Å². The van der Waals surface area contributed by atoms with Gasteiger partial charge in [0.05, 0.1) is 5.56 Å². The first-order chi connectivity index (χ1) is 9.79. The molecule has 0 atom stereocenters. The molecule has 0 aliphatic rings. The molecule has 0 fully saturated rings. The minimum atomic E-state index is -9.89. The molecule has 2 N–H and O–H groups in total. The average Bonchev–Trinajstić information content (AvgIpc) is 2.35. The fraction of sp³-hybridized carbons (Fsp3) is 0. The van der Waals surface area contributed by atoms with E-state index >= 15 is 0 Å². The summed E-state index contributed by atoms with van der Waals surface area (Å²) in [5, 5.41) is 0. The molecule has 0 saturated heterocycles. The number of rotatable bonds is 3. The lowest BCUT2D eigenvalue weighted by atomic mass is 10.0. The summed E-state index contributed by atoms with van der Waals surface area (Å²) < 4.78 is 76.7. The zero-order chi connectivity index (χ0) is 16.8. The Morgan fingerprint density at radius 1 is 0.909 bits per heavy atom. The predicted octanol–water partition coefficient (Wildman–Crippen LogP) is 5.30. The van der Waals surface area contributed by atoms with Gasteiger partial charge in [-0.15, -0.1) is 0 Å². The Kier molecular flexibility index (Phi) is 3.09. The summed E-state index contributed by atoms with van der Waals surface area (Å²) >= 11 is 0. The number of carbonyl (C=O) groups is 1. The molecule has 0 saturated carbocycles. The van der Waals surface area contributed by atoms with Crippen LogP contribution < -0.4 is 5.73 Å². The maximum atomic E-state index is 13.5. The predicted molar refractivity (Wildman–Crippen MR) is 72.1 cm³/mol. The summed E-state index contributed by atoms with van der Waals surface area (Å²) in [6.07, 6.45) is 0. The fourth-order valence-electron chi connectivity index (χ4n) is 1.78. The van der Waals surface area contributed by atoms with Gasteiger partial charge in [-0.25, -0.2) is 4.39 Å². The van der Waals surface area contributed by atoms with E-state index in [1.54, 1.807) is 0 Å². The van der Waals surface area contributed by atoms with E-state index in [2.05, 4.69) is 0 Å². The van der Waals surface area contributed by atoms with E-state index in [0.29, 0.717) is 6.07 Å². The second-order valence-corrected chi connectivity index (χ2v) is 6.94. The van der Waals surface area contributed by atoms with Gasteiger partial charge in [0.2, 0.25) is 0 Å². The van der Waals surface area contributed by atoms with Crippen LogP contribution in [0.3, 0.4) is 0 Å². The molecule has 2 nitrogen and oxygen atoms in total. The molecular formula is C13H9F6NOS. The summed E-state index contributed by atoms with van der Waals surface area (Å²) in [5.74, 6) is -1.90. The zero-order valence-corrected chi connectivity index (χ0v) is 11.5. The number of anilines is 1. The Bertz CT molecular complexity index is 772. The molecule has 2 aromatic carbocycles. The number of benzene rings is 2. The van der Waals surface area contributed by atoms with Crippen molar-refractivity contribution >= 4 is 21.7 Å². The maximum Gasteiger partial charge on any atom is 0.310 e. The number of hydrogen-bond donors (Lipinski definition) is 1. The van der Waals surface area contributed by atoms with Crippen molar-refractivity contribution in [1.82, 2.24) is 0 Å². The largest absolute Gasteiger partial charge is 0.398 e. The highest BCUT2D eigenvalue weighted by molar-refractivity contribution is 8.45. The Morgan fingerprint density at radius 3 is 2.00 bits per heavy atom. The van der Waals surface area contributed by atoms with Crippen LogP contribution in [0.15, 0.2) is 47.4 Å². The van der Waals surface area contributed by atoms with Gasteiger partial charge >= 0.3 is 10.2 Å². The minimum Gasteiger partial charge on any atom is -0.398 e. The number of nitrogen functional groups attached to an aromatic ring is 1. The molecule has 0 unspecified atom stereocenters. The van der Waals surface area contributed by atoms with Crippen LogP contribution in [-0.2, 0) is 0 Å². The van der Waals surface area contributed by atoms with Gasteiger partial charge in [0.15, 0.2) is 5.78 Å². The molecule has 9 heteroatoms. The lowest BCUT2D eigenvalue weighted by molar-refractivity contribution is 0.103. The van der Waals surface area contributed by atoms with Crippen molar-refractivity contribution in [2.24, 2.45) is 0 Å². The third kappa shape index (κ3) is 3.19. The van der Waals surface area contributed by atoms with Crippen molar-refractivity contribution < 1.29 is 28.6 Å². The normalized spacial score (nSPS) is 15.0. The van der Waals surface area contributed by atoms with E-state index in [0.717, 1.165) is 12.1 Å². The van der Waals surface area contributed by atoms with Gasteiger partial charge in [0.25, 0.3) is 0 Å². The van der Waals surface area contributed by atoms with Crippen LogP contribution in [-0.4, -0.2) is 5.78 Å². The van der Waals surface area contributed by atoms with Gasteiger partial charge in [-0.05, 0) is 30.3 Å². The van der Waals surface area contributed by atoms with Crippen LogP contribution in [0.1, 0.15) is 15.9 Å². The molecule has 0 radical (unpaired) electrons. The van der Waals surface area contributed by atoms with Crippen molar-refractivity contribution in [3.05, 3.63) is 59.4 Å². The highest BCUT2D eigenvalue weighted by Gasteiger charge is 2.65. The monoisotopic (exact) mass is 341 g/mol. The van der Waals surface area contributed by atoms with Gasteiger partial charge in [-0.2, -0.15) is 0 Å². The van der Waals surface area contributed by atoms with Crippen LogP contribution in [0.4, 0.5) is 29.5 Å². The number of ketones is 1. The van der Waals surface area contributed by atoms with Gasteiger partial charge in [0.1, 0.15) is 10.7 Å². The molecule has 0 bridgehead atoms. The second-order valence-electron chi connectivity index (χ2n) is 4.53. The van der Waals surface area contributed by atoms with Crippen molar-refractivity contribution in [3.8, 4) is 0 Å². The lowest BCUT2D eigenvalue weighted by Gasteiger charge is -2.40. The molecule has 0 aliphatic carbocycles. The molecular weight excluding hydrogens is 332 g/mol. The molecule has 2 rings (SSSR count). The molecule has 22 heavy (non-hydrogen) atoms. The zero-order valence-electron chi connectivity index (χ0n) is 10.7. The molecule has 120 valence electrons. The molecule has 0 spiro atoms. The van der Waals surface area contributed by atoms with Gasteiger partial charge < -0.3 is 5.73 Å². The molecule has 0 aliphatic heterocycles. The molecule has 0 aromatic heterocycles. The molecule has 2 aromatic rings. The number of carbonyl (C=O) groups excluding carboxylic acids is 1. The fourth-order valence-corrected chi connectivity index (χ4v) is 2.45. The Labute approximate surface area is 121 Å². The van der Waals surface area contributed by atoms with Crippen molar-refractivity contribution in [3.63, 3.8) is 0 Å². The quantitative estimate of drug-likeness (QED) is 0.468. The lowest BCUT2D eigenvalue weighted by Crippen LogP contribution is -2.11. The first-order valence-corrected chi connectivity index (χ1v) is 7.67. The summed E-state index contributed by atoms with van der Waals surface area (Å²) in [7, 11) is -9.89. The molecule has 0 heterocycles. The first-order valence-electron chi connectivity index (χ1n) is 5.72. The number of nitrogens with two attached hydrogens (primary N) is 1. The summed E-state index contributed by atoms with van der Waals surface area (Å²) in [4.78, 5) is 9.82. The van der Waals surface area contributed by atoms with Crippen molar-refractivity contribution in [2.45, 2.75) is 4.90 Å². The van der Waals surface area contributed by atoms with E-state index < -0.39 is 43.5 Å². The Balaban J connectivity index is 2.53. The van der Waals surface area contributed by atoms with Gasteiger partial charge in [-0.1, -0.05) is 31.6 Å². The third-order valence-corrected chi connectivity index (χ3v) is 3.98. The highest BCUT2D eigenvalue weighted by atomic mass is 32.5. The minimum absolute atomic E-state index is 0.0182. The van der Waals surface area contributed by atoms with E-state index in [1.807, 2.05) is 0 Å². The van der Waals surface area contributed by atoms with E-state index in [9.17, 15) is 28.6 Å². The summed E-state index contributed by atoms with van der Waals surface area (Å²) in [5.41, 5.74) is 3.55.